The SMILES string of the molecule is O=C(O)C(F)(F)F.O=S(=O)(Nc1nccs1)c1ccc2c(c1)OCCN2c1ccccc1N1CCNCC1. The molecule has 3 aromatic rings. The second kappa shape index (κ2) is 11.4. The van der Waals surface area contributed by atoms with E-state index in [1.54, 1.807) is 23.7 Å². The number of sulfonamides is 1. The molecule has 2 aliphatic heterocycles. The van der Waals surface area contributed by atoms with E-state index in [4.69, 9.17) is 14.6 Å². The lowest BCUT2D eigenvalue weighted by molar-refractivity contribution is -0.192. The summed E-state index contributed by atoms with van der Waals surface area (Å²) in [7, 11) is -3.74. The molecular weight excluding hydrogens is 547 g/mol. The van der Waals surface area contributed by atoms with E-state index in [2.05, 4.69) is 43.0 Å². The van der Waals surface area contributed by atoms with Crippen LogP contribution >= 0.6 is 11.3 Å². The number of alkyl halides is 3. The van der Waals surface area contributed by atoms with Crippen molar-refractivity contribution in [2.24, 2.45) is 0 Å². The van der Waals surface area contributed by atoms with Gasteiger partial charge in [-0.1, -0.05) is 12.1 Å². The van der Waals surface area contributed by atoms with Gasteiger partial charge < -0.3 is 25.0 Å². The number of aromatic nitrogens is 1. The number of hydrogen-bond donors (Lipinski definition) is 3. The summed E-state index contributed by atoms with van der Waals surface area (Å²) in [6.45, 7) is 5.00. The van der Waals surface area contributed by atoms with Crippen LogP contribution in [0, 0.1) is 0 Å². The van der Waals surface area contributed by atoms with Gasteiger partial charge in [0, 0.05) is 43.8 Å². The number of fused-ring (bicyclic) bond motifs is 1. The van der Waals surface area contributed by atoms with E-state index in [9.17, 15) is 21.6 Å². The highest BCUT2D eigenvalue weighted by atomic mass is 32.2. The van der Waals surface area contributed by atoms with Crippen molar-refractivity contribution in [1.29, 1.82) is 0 Å². The Labute approximate surface area is 220 Å². The number of benzene rings is 2. The van der Waals surface area contributed by atoms with Crippen LogP contribution in [0.5, 0.6) is 5.75 Å². The number of nitrogens with zero attached hydrogens (tertiary/aromatic N) is 3. The van der Waals surface area contributed by atoms with Crippen molar-refractivity contribution in [2.45, 2.75) is 11.1 Å². The molecule has 2 aliphatic rings. The Hall–Kier alpha value is -3.56. The van der Waals surface area contributed by atoms with Gasteiger partial charge in [0.15, 0.2) is 5.13 Å². The molecule has 0 bridgehead atoms. The Bertz CT molecular complexity index is 1360. The van der Waals surface area contributed by atoms with Crippen LogP contribution in [0.1, 0.15) is 0 Å². The van der Waals surface area contributed by atoms with Crippen molar-refractivity contribution < 1.29 is 36.2 Å². The molecule has 3 N–H and O–H groups in total. The van der Waals surface area contributed by atoms with Crippen molar-refractivity contribution in [1.82, 2.24) is 10.3 Å². The molecule has 0 unspecified atom stereocenters. The number of carbonyl (C=O) groups is 1. The minimum absolute atomic E-state index is 0.152. The number of ether oxygens (including phenoxy) is 1. The van der Waals surface area contributed by atoms with Crippen molar-refractivity contribution in [3.8, 4) is 5.75 Å². The number of para-hydroxylation sites is 2. The first kappa shape index (κ1) is 27.5. The molecule has 1 fully saturated rings. The maximum absolute atomic E-state index is 12.8. The average Bonchev–Trinajstić information content (AvgIpc) is 3.41. The van der Waals surface area contributed by atoms with Crippen LogP contribution in [0.3, 0.4) is 0 Å². The van der Waals surface area contributed by atoms with Crippen molar-refractivity contribution >= 4 is 49.5 Å². The summed E-state index contributed by atoms with van der Waals surface area (Å²) in [5, 5.41) is 12.6. The zero-order valence-electron chi connectivity index (χ0n) is 19.8. The van der Waals surface area contributed by atoms with Gasteiger partial charge in [0.05, 0.1) is 28.5 Å². The zero-order valence-corrected chi connectivity index (χ0v) is 21.4. The Balaban J connectivity index is 0.000000426. The molecule has 0 saturated carbocycles. The molecule has 2 aromatic carbocycles. The molecule has 15 heteroatoms. The summed E-state index contributed by atoms with van der Waals surface area (Å²) >= 11 is 1.24. The average molecular weight is 572 g/mol. The summed E-state index contributed by atoms with van der Waals surface area (Å²) in [5.41, 5.74) is 3.14. The van der Waals surface area contributed by atoms with Gasteiger partial charge in [-0.15, -0.1) is 11.3 Å². The summed E-state index contributed by atoms with van der Waals surface area (Å²) in [6, 6.07) is 13.4. The Morgan fingerprint density at radius 1 is 1.08 bits per heavy atom. The topological polar surface area (TPSA) is 124 Å². The summed E-state index contributed by atoms with van der Waals surface area (Å²) in [6.07, 6.45) is -3.52. The molecule has 204 valence electrons. The van der Waals surface area contributed by atoms with E-state index in [0.29, 0.717) is 24.0 Å². The normalized spacial score (nSPS) is 15.6. The third-order valence-electron chi connectivity index (χ3n) is 5.63. The molecule has 1 saturated heterocycles. The first-order valence-corrected chi connectivity index (χ1v) is 13.7. The lowest BCUT2D eigenvalue weighted by atomic mass is 10.1. The van der Waals surface area contributed by atoms with Gasteiger partial charge in [0.25, 0.3) is 10.0 Å². The second-order valence-corrected chi connectivity index (χ2v) is 10.7. The van der Waals surface area contributed by atoms with Crippen LogP contribution in [0.4, 0.5) is 35.4 Å². The highest BCUT2D eigenvalue weighted by Crippen LogP contribution is 2.42. The number of carboxylic acids is 1. The third kappa shape index (κ3) is 6.46. The number of piperazine rings is 1. The first-order valence-electron chi connectivity index (χ1n) is 11.4. The summed E-state index contributed by atoms with van der Waals surface area (Å²) < 4.78 is 65.7. The number of carboxylic acid groups (broad SMARTS) is 1. The predicted octanol–water partition coefficient (Wildman–Crippen LogP) is 3.52. The molecule has 10 nitrogen and oxygen atoms in total. The molecule has 0 amide bonds. The number of halogens is 3. The fourth-order valence-electron chi connectivity index (χ4n) is 3.93. The van der Waals surface area contributed by atoms with Gasteiger partial charge in [0.2, 0.25) is 0 Å². The second-order valence-electron chi connectivity index (χ2n) is 8.10. The van der Waals surface area contributed by atoms with Crippen LogP contribution in [0.25, 0.3) is 0 Å². The van der Waals surface area contributed by atoms with Gasteiger partial charge >= 0.3 is 12.1 Å². The van der Waals surface area contributed by atoms with Crippen LogP contribution in [-0.2, 0) is 14.8 Å². The maximum Gasteiger partial charge on any atom is 0.490 e. The fraction of sp³-hybridized carbons (Fsp3) is 0.304. The van der Waals surface area contributed by atoms with Crippen LogP contribution < -0.4 is 24.6 Å². The van der Waals surface area contributed by atoms with E-state index in [1.807, 2.05) is 12.1 Å². The minimum Gasteiger partial charge on any atom is -0.489 e. The number of thiazole rings is 1. The lowest BCUT2D eigenvalue weighted by Crippen LogP contribution is -2.44. The highest BCUT2D eigenvalue weighted by molar-refractivity contribution is 7.93. The molecule has 0 aliphatic carbocycles. The molecule has 5 rings (SSSR count). The molecular formula is C23H24F3N5O5S2. The third-order valence-corrected chi connectivity index (χ3v) is 7.79. The Morgan fingerprint density at radius 3 is 2.39 bits per heavy atom. The molecule has 0 radical (unpaired) electrons. The number of hydrogen-bond acceptors (Lipinski definition) is 9. The molecule has 1 aromatic heterocycles. The van der Waals surface area contributed by atoms with E-state index in [1.165, 1.54) is 17.0 Å². The first-order chi connectivity index (χ1) is 18.1. The van der Waals surface area contributed by atoms with Gasteiger partial charge in [-0.05, 0) is 24.3 Å². The van der Waals surface area contributed by atoms with Crippen LogP contribution in [0.15, 0.2) is 58.9 Å². The number of anilines is 4. The molecule has 3 heterocycles. The van der Waals surface area contributed by atoms with E-state index in [0.717, 1.165) is 37.6 Å². The van der Waals surface area contributed by atoms with Gasteiger partial charge in [0.1, 0.15) is 12.4 Å². The number of aliphatic carboxylic acids is 1. The zero-order chi connectivity index (χ0) is 27.3. The van der Waals surface area contributed by atoms with Crippen LogP contribution in [-0.4, -0.2) is 70.0 Å². The number of nitrogens with one attached hydrogen (secondary N) is 2. The fourth-order valence-corrected chi connectivity index (χ4v) is 5.73. The van der Waals surface area contributed by atoms with E-state index >= 15 is 0 Å². The quantitative estimate of drug-likeness (QED) is 0.422. The predicted molar refractivity (Wildman–Crippen MR) is 137 cm³/mol. The standard InChI is InChI=1S/C21H23N5O3S2.C2HF3O2/c27-31(28,24-21-23-9-14-30-21)16-5-6-19-20(15-16)29-13-12-26(19)18-4-2-1-3-17(18)25-10-7-22-8-11-25;3-2(4,5)1(6)7/h1-6,9,14-15,22H,7-8,10-13H2,(H,23,24);(H,6,7). The molecule has 0 spiro atoms. The summed E-state index contributed by atoms with van der Waals surface area (Å²) in [4.78, 5) is 17.6. The summed E-state index contributed by atoms with van der Waals surface area (Å²) in [5.74, 6) is -2.20. The molecule has 38 heavy (non-hydrogen) atoms. The Morgan fingerprint density at radius 2 is 1.76 bits per heavy atom. The smallest absolute Gasteiger partial charge is 0.489 e. The van der Waals surface area contributed by atoms with Crippen molar-refractivity contribution in [3.63, 3.8) is 0 Å². The van der Waals surface area contributed by atoms with Crippen molar-refractivity contribution in [2.75, 3.05) is 53.9 Å². The maximum atomic E-state index is 12.8. The van der Waals surface area contributed by atoms with E-state index in [-0.39, 0.29) is 4.90 Å². The van der Waals surface area contributed by atoms with Gasteiger partial charge in [-0.2, -0.15) is 13.2 Å². The highest BCUT2D eigenvalue weighted by Gasteiger charge is 2.38. The largest absolute Gasteiger partial charge is 0.490 e. The van der Waals surface area contributed by atoms with Crippen LogP contribution in [0.2, 0.25) is 0 Å². The number of rotatable bonds is 5. The minimum atomic E-state index is -5.08. The van der Waals surface area contributed by atoms with Gasteiger partial charge in [-0.25, -0.2) is 18.2 Å². The van der Waals surface area contributed by atoms with E-state index < -0.39 is 22.2 Å². The lowest BCUT2D eigenvalue weighted by Gasteiger charge is -2.37. The van der Waals surface area contributed by atoms with Gasteiger partial charge in [-0.3, -0.25) is 4.72 Å². The van der Waals surface area contributed by atoms with Crippen molar-refractivity contribution in [3.05, 3.63) is 54.0 Å². The monoisotopic (exact) mass is 571 g/mol. The Kier molecular flexibility index (Phi) is 8.28. The molecule has 0 atom stereocenters.